The highest BCUT2D eigenvalue weighted by molar-refractivity contribution is 9.10. The fourth-order valence-corrected chi connectivity index (χ4v) is 5.99. The lowest BCUT2D eigenvalue weighted by Crippen LogP contribution is -2.43. The van der Waals surface area contributed by atoms with E-state index in [2.05, 4.69) is 36.0 Å². The molecule has 2 heterocycles. The normalized spacial score (nSPS) is 17.0. The van der Waals surface area contributed by atoms with E-state index >= 15 is 0 Å². The number of anilines is 2. The van der Waals surface area contributed by atoms with Gasteiger partial charge in [-0.3, -0.25) is 14.9 Å². The Kier molecular flexibility index (Phi) is 8.76. The van der Waals surface area contributed by atoms with Crippen molar-refractivity contribution in [1.29, 1.82) is 0 Å². The fraction of sp³-hybridized carbons (Fsp3) is 0.483. The Balaban J connectivity index is 1.39. The minimum absolute atomic E-state index is 0.104. The molecular weight excluding hydrogens is 544 g/mol. The number of aryl methyl sites for hydroxylation is 1. The summed E-state index contributed by atoms with van der Waals surface area (Å²) in [5.74, 6) is 0.619. The average molecular weight is 582 g/mol. The Bertz CT molecular complexity index is 1280. The second-order valence-corrected chi connectivity index (χ2v) is 11.3. The average Bonchev–Trinajstić information content (AvgIpc) is 3.29. The van der Waals surface area contributed by atoms with Gasteiger partial charge in [0.25, 0.3) is 5.91 Å². The van der Waals surface area contributed by atoms with Crippen molar-refractivity contribution in [2.75, 3.05) is 50.0 Å². The molecule has 0 radical (unpaired) electrons. The Hall–Kier alpha value is -2.75. The molecule has 3 aromatic rings. The maximum atomic E-state index is 13.2. The molecule has 9 heteroatoms. The van der Waals surface area contributed by atoms with Crippen LogP contribution in [0.4, 0.5) is 11.6 Å². The van der Waals surface area contributed by atoms with Gasteiger partial charge in [0.15, 0.2) is 0 Å². The number of halogens is 1. The molecule has 38 heavy (non-hydrogen) atoms. The lowest BCUT2D eigenvalue weighted by Gasteiger charge is -2.27. The lowest BCUT2D eigenvalue weighted by molar-refractivity contribution is -0.123. The molecule has 0 spiro atoms. The summed E-state index contributed by atoms with van der Waals surface area (Å²) in [6, 6.07) is 13.3. The molecule has 2 fully saturated rings. The zero-order valence-electron chi connectivity index (χ0n) is 22.1. The maximum absolute atomic E-state index is 13.2. The first kappa shape index (κ1) is 26.8. The van der Waals surface area contributed by atoms with E-state index in [1.807, 2.05) is 37.4 Å². The number of carbonyl (C=O) groups is 2. The zero-order valence-corrected chi connectivity index (χ0v) is 23.7. The Morgan fingerprint density at radius 1 is 1.08 bits per heavy atom. The van der Waals surface area contributed by atoms with Gasteiger partial charge in [-0.2, -0.15) is 0 Å². The highest BCUT2D eigenvalue weighted by Gasteiger charge is 2.25. The Morgan fingerprint density at radius 2 is 1.87 bits per heavy atom. The predicted molar refractivity (Wildman–Crippen MR) is 156 cm³/mol. The number of fused-ring (bicyclic) bond motifs is 1. The highest BCUT2D eigenvalue weighted by Crippen LogP contribution is 2.30. The first-order chi connectivity index (χ1) is 18.5. The van der Waals surface area contributed by atoms with Crippen LogP contribution in [0.2, 0.25) is 0 Å². The van der Waals surface area contributed by atoms with Crippen molar-refractivity contribution >= 4 is 50.4 Å². The van der Waals surface area contributed by atoms with Gasteiger partial charge >= 0.3 is 0 Å². The van der Waals surface area contributed by atoms with Crippen molar-refractivity contribution < 1.29 is 9.59 Å². The summed E-state index contributed by atoms with van der Waals surface area (Å²) in [6.45, 7) is 5.90. The molecule has 202 valence electrons. The number of rotatable bonds is 8. The molecule has 0 atom stereocenters. The molecule has 8 nitrogen and oxygen atoms in total. The van der Waals surface area contributed by atoms with Crippen molar-refractivity contribution in [3.63, 3.8) is 0 Å². The van der Waals surface area contributed by atoms with E-state index in [1.165, 1.54) is 6.42 Å². The summed E-state index contributed by atoms with van der Waals surface area (Å²) in [6.07, 6.45) is 6.37. The van der Waals surface area contributed by atoms with Crippen LogP contribution < -0.4 is 15.5 Å². The molecule has 0 unspecified atom stereocenters. The van der Waals surface area contributed by atoms with E-state index < -0.39 is 0 Å². The quantitative estimate of drug-likeness (QED) is 0.396. The molecule has 5 rings (SSSR count). The van der Waals surface area contributed by atoms with Crippen LogP contribution in [-0.2, 0) is 11.3 Å². The molecular formula is C29H37BrN6O2. The number of aromatic nitrogens is 2. The smallest absolute Gasteiger partial charge is 0.258 e. The molecule has 0 bridgehead atoms. The van der Waals surface area contributed by atoms with Gasteiger partial charge < -0.3 is 19.7 Å². The topological polar surface area (TPSA) is 82.5 Å². The molecule has 2 amide bonds. The van der Waals surface area contributed by atoms with Gasteiger partial charge in [0.2, 0.25) is 11.9 Å². The highest BCUT2D eigenvalue weighted by atomic mass is 79.9. The summed E-state index contributed by atoms with van der Waals surface area (Å²) >= 11 is 3.45. The van der Waals surface area contributed by atoms with Gasteiger partial charge in [0.05, 0.1) is 11.0 Å². The number of imidazole rings is 1. The van der Waals surface area contributed by atoms with Crippen molar-refractivity contribution in [2.45, 2.75) is 45.1 Å². The third-order valence-electron chi connectivity index (χ3n) is 7.78. The second kappa shape index (κ2) is 12.4. The minimum atomic E-state index is -0.199. The van der Waals surface area contributed by atoms with Gasteiger partial charge in [-0.1, -0.05) is 41.3 Å². The van der Waals surface area contributed by atoms with Gasteiger partial charge in [0.1, 0.15) is 0 Å². The summed E-state index contributed by atoms with van der Waals surface area (Å²) in [4.78, 5) is 35.3. The van der Waals surface area contributed by atoms with Crippen LogP contribution in [0.5, 0.6) is 0 Å². The second-order valence-electron chi connectivity index (χ2n) is 10.4. The van der Waals surface area contributed by atoms with Crippen molar-refractivity contribution in [1.82, 2.24) is 19.8 Å². The van der Waals surface area contributed by atoms with Crippen LogP contribution in [0, 0.1) is 5.92 Å². The van der Waals surface area contributed by atoms with Crippen LogP contribution in [0.1, 0.15) is 48.9 Å². The monoisotopic (exact) mass is 580 g/mol. The number of amides is 2. The van der Waals surface area contributed by atoms with Crippen LogP contribution in [0.15, 0.2) is 46.9 Å². The standard InChI is InChI=1S/C29H37BrN6O2/c1-34(28(38)21-7-3-2-4-8-21)24-11-12-26-25(20-24)32-29(33-27(37)22-9-5-10-23(30)19-22)36(26)16-6-15-35-17-13-31-14-18-35/h5,9-12,19-21,31H,2-4,6-8,13-18H2,1H3,(H,32,33,37). The van der Waals surface area contributed by atoms with Gasteiger partial charge in [-0.25, -0.2) is 4.98 Å². The van der Waals surface area contributed by atoms with Crippen LogP contribution in [0.3, 0.4) is 0 Å². The predicted octanol–water partition coefficient (Wildman–Crippen LogP) is 4.89. The third-order valence-corrected chi connectivity index (χ3v) is 8.28. The number of hydrogen-bond acceptors (Lipinski definition) is 5. The number of nitrogens with zero attached hydrogens (tertiary/aromatic N) is 4. The number of nitrogens with one attached hydrogen (secondary N) is 2. The largest absolute Gasteiger partial charge is 0.315 e. The van der Waals surface area contributed by atoms with Crippen LogP contribution in [0.25, 0.3) is 11.0 Å². The minimum Gasteiger partial charge on any atom is -0.315 e. The molecule has 1 saturated carbocycles. The van der Waals surface area contributed by atoms with Gasteiger partial charge in [0, 0.05) is 61.4 Å². The number of piperazine rings is 1. The molecule has 2 N–H and O–H groups in total. The van der Waals surface area contributed by atoms with E-state index in [-0.39, 0.29) is 17.7 Å². The summed E-state index contributed by atoms with van der Waals surface area (Å²) in [5, 5.41) is 6.44. The van der Waals surface area contributed by atoms with Crippen LogP contribution >= 0.6 is 15.9 Å². The summed E-state index contributed by atoms with van der Waals surface area (Å²) < 4.78 is 2.95. The van der Waals surface area contributed by atoms with E-state index in [0.717, 1.165) is 92.6 Å². The van der Waals surface area contributed by atoms with Crippen molar-refractivity contribution in [3.05, 3.63) is 52.5 Å². The Labute approximate surface area is 232 Å². The third kappa shape index (κ3) is 6.27. The van der Waals surface area contributed by atoms with E-state index in [4.69, 9.17) is 4.98 Å². The molecule has 2 aromatic carbocycles. The fourth-order valence-electron chi connectivity index (χ4n) is 5.59. The number of carbonyl (C=O) groups excluding carboxylic acids is 2. The maximum Gasteiger partial charge on any atom is 0.258 e. The van der Waals surface area contributed by atoms with E-state index in [9.17, 15) is 9.59 Å². The molecule has 2 aliphatic rings. The molecule has 1 aliphatic heterocycles. The first-order valence-corrected chi connectivity index (χ1v) is 14.6. The summed E-state index contributed by atoms with van der Waals surface area (Å²) in [5.41, 5.74) is 3.13. The van der Waals surface area contributed by atoms with E-state index in [0.29, 0.717) is 11.5 Å². The SMILES string of the molecule is CN(C(=O)C1CCCCC1)c1ccc2c(c1)nc(NC(=O)c1cccc(Br)c1)n2CCCN1CCNCC1. The molecule has 1 aromatic heterocycles. The van der Waals surface area contributed by atoms with E-state index in [1.54, 1.807) is 17.0 Å². The molecule has 1 aliphatic carbocycles. The molecule has 1 saturated heterocycles. The van der Waals surface area contributed by atoms with Crippen molar-refractivity contribution in [2.24, 2.45) is 5.92 Å². The zero-order chi connectivity index (χ0) is 26.5. The first-order valence-electron chi connectivity index (χ1n) is 13.8. The number of hydrogen-bond donors (Lipinski definition) is 2. The lowest BCUT2D eigenvalue weighted by atomic mass is 9.88. The van der Waals surface area contributed by atoms with Crippen molar-refractivity contribution in [3.8, 4) is 0 Å². The van der Waals surface area contributed by atoms with Crippen LogP contribution in [-0.4, -0.2) is 66.0 Å². The Morgan fingerprint density at radius 3 is 2.63 bits per heavy atom. The number of benzene rings is 2. The van der Waals surface area contributed by atoms with Gasteiger partial charge in [-0.05, 0) is 62.2 Å². The van der Waals surface area contributed by atoms with Gasteiger partial charge in [-0.15, -0.1) is 0 Å². The summed E-state index contributed by atoms with van der Waals surface area (Å²) in [7, 11) is 1.86.